The topological polar surface area (TPSA) is 75.6 Å². The van der Waals surface area contributed by atoms with E-state index in [-0.39, 0.29) is 18.4 Å². The molecule has 1 aromatic rings. The molecule has 1 unspecified atom stereocenters. The van der Waals surface area contributed by atoms with Gasteiger partial charge in [-0.25, -0.2) is 0 Å². The van der Waals surface area contributed by atoms with Crippen molar-refractivity contribution in [3.63, 3.8) is 0 Å². The fraction of sp³-hybridized carbons (Fsp3) is 0.529. The van der Waals surface area contributed by atoms with Crippen molar-refractivity contribution in [3.8, 4) is 5.75 Å². The van der Waals surface area contributed by atoms with E-state index in [0.29, 0.717) is 25.9 Å². The number of carboxylic acid groups (broad SMARTS) is 1. The Morgan fingerprint density at radius 2 is 2.00 bits per heavy atom. The molecule has 1 aromatic carbocycles. The van der Waals surface area contributed by atoms with Crippen LogP contribution in [-0.4, -0.2) is 30.1 Å². The van der Waals surface area contributed by atoms with E-state index in [4.69, 9.17) is 4.74 Å². The van der Waals surface area contributed by atoms with E-state index >= 15 is 0 Å². The minimum atomic E-state index is -0.889. The van der Waals surface area contributed by atoms with Crippen molar-refractivity contribution >= 4 is 11.9 Å². The molecule has 0 saturated heterocycles. The van der Waals surface area contributed by atoms with Gasteiger partial charge in [-0.05, 0) is 25.3 Å². The predicted octanol–water partition coefficient (Wildman–Crippen LogP) is 2.56. The Bertz CT molecular complexity index is 551. The number of carbonyl (C=O) groups is 2. The third-order valence-corrected chi connectivity index (χ3v) is 4.68. The Labute approximate surface area is 130 Å². The summed E-state index contributed by atoms with van der Waals surface area (Å²) in [6.45, 7) is 4.34. The lowest BCUT2D eigenvalue weighted by molar-refractivity contribution is -0.149. The molecule has 1 aliphatic rings. The van der Waals surface area contributed by atoms with Gasteiger partial charge in [-0.1, -0.05) is 32.0 Å². The van der Waals surface area contributed by atoms with Crippen LogP contribution in [0, 0.1) is 5.41 Å². The summed E-state index contributed by atoms with van der Waals surface area (Å²) in [5, 5.41) is 12.3. The largest absolute Gasteiger partial charge is 0.493 e. The van der Waals surface area contributed by atoms with Crippen molar-refractivity contribution in [2.75, 3.05) is 13.2 Å². The summed E-state index contributed by atoms with van der Waals surface area (Å²) in [7, 11) is 0. The van der Waals surface area contributed by atoms with Crippen LogP contribution >= 0.6 is 0 Å². The summed E-state index contributed by atoms with van der Waals surface area (Å²) in [5.74, 6) is -0.511. The number of nitrogens with one attached hydrogen (secondary N) is 1. The van der Waals surface area contributed by atoms with Gasteiger partial charge < -0.3 is 15.2 Å². The molecule has 5 nitrogen and oxygen atoms in total. The molecule has 1 atom stereocenters. The Hall–Kier alpha value is -2.04. The van der Waals surface area contributed by atoms with Crippen LogP contribution in [0.25, 0.3) is 0 Å². The third kappa shape index (κ3) is 3.08. The lowest BCUT2D eigenvalue weighted by atomic mass is 9.82. The first-order valence-corrected chi connectivity index (χ1v) is 7.77. The van der Waals surface area contributed by atoms with Gasteiger partial charge in [0, 0.05) is 12.1 Å². The number of aliphatic carboxylic acids is 1. The minimum absolute atomic E-state index is 0.122. The number of hydrogen-bond acceptors (Lipinski definition) is 3. The quantitative estimate of drug-likeness (QED) is 0.847. The van der Waals surface area contributed by atoms with Gasteiger partial charge in [0.1, 0.15) is 5.75 Å². The van der Waals surface area contributed by atoms with Gasteiger partial charge >= 0.3 is 5.97 Å². The predicted molar refractivity (Wildman–Crippen MR) is 83.0 cm³/mol. The van der Waals surface area contributed by atoms with Crippen LogP contribution in [0.3, 0.4) is 0 Å². The minimum Gasteiger partial charge on any atom is -0.493 e. The average Bonchev–Trinajstić information content (AvgIpc) is 2.55. The number of amides is 1. The number of carbonyl (C=O) groups excluding carboxylic acids is 1. The molecule has 0 spiro atoms. The second kappa shape index (κ2) is 6.81. The van der Waals surface area contributed by atoms with Crippen molar-refractivity contribution in [1.82, 2.24) is 5.32 Å². The van der Waals surface area contributed by atoms with E-state index in [2.05, 4.69) is 5.32 Å². The lowest BCUT2D eigenvalue weighted by Crippen LogP contribution is -2.44. The van der Waals surface area contributed by atoms with Crippen LogP contribution in [0.15, 0.2) is 24.3 Å². The van der Waals surface area contributed by atoms with E-state index < -0.39 is 11.4 Å². The molecule has 5 heteroatoms. The Balaban J connectivity index is 2.09. The molecule has 120 valence electrons. The van der Waals surface area contributed by atoms with E-state index in [9.17, 15) is 14.7 Å². The lowest BCUT2D eigenvalue weighted by Gasteiger charge is -2.29. The molecule has 2 rings (SSSR count). The van der Waals surface area contributed by atoms with Gasteiger partial charge in [-0.15, -0.1) is 0 Å². The highest BCUT2D eigenvalue weighted by molar-refractivity contribution is 5.85. The van der Waals surface area contributed by atoms with Gasteiger partial charge in [0.05, 0.1) is 17.9 Å². The SMILES string of the molecule is CCC(CC)(CNC(=O)C1CCOc2ccccc21)C(=O)O. The summed E-state index contributed by atoms with van der Waals surface area (Å²) in [6.07, 6.45) is 1.59. The van der Waals surface area contributed by atoms with Crippen LogP contribution in [0.4, 0.5) is 0 Å². The molecule has 0 aromatic heterocycles. The van der Waals surface area contributed by atoms with Crippen molar-refractivity contribution in [1.29, 1.82) is 0 Å². The van der Waals surface area contributed by atoms with Crippen molar-refractivity contribution in [2.24, 2.45) is 5.41 Å². The smallest absolute Gasteiger partial charge is 0.311 e. The molecule has 1 heterocycles. The summed E-state index contributed by atoms with van der Waals surface area (Å²) in [5.41, 5.74) is -0.0134. The Kier molecular flexibility index (Phi) is 5.06. The number of rotatable bonds is 6. The highest BCUT2D eigenvalue weighted by Crippen LogP contribution is 2.34. The van der Waals surface area contributed by atoms with E-state index in [1.165, 1.54) is 0 Å². The molecule has 0 radical (unpaired) electrons. The highest BCUT2D eigenvalue weighted by Gasteiger charge is 2.36. The fourth-order valence-electron chi connectivity index (χ4n) is 2.87. The van der Waals surface area contributed by atoms with Crippen LogP contribution in [-0.2, 0) is 9.59 Å². The summed E-state index contributed by atoms with van der Waals surface area (Å²) in [6, 6.07) is 7.51. The van der Waals surface area contributed by atoms with Crippen molar-refractivity contribution < 1.29 is 19.4 Å². The number of benzene rings is 1. The monoisotopic (exact) mass is 305 g/mol. The first-order valence-electron chi connectivity index (χ1n) is 7.77. The van der Waals surface area contributed by atoms with E-state index in [0.717, 1.165) is 11.3 Å². The summed E-state index contributed by atoms with van der Waals surface area (Å²) < 4.78 is 5.56. The summed E-state index contributed by atoms with van der Waals surface area (Å²) >= 11 is 0. The zero-order valence-electron chi connectivity index (χ0n) is 13.1. The standard InChI is InChI=1S/C17H23NO4/c1-3-17(4-2,16(20)21)11-18-15(19)13-9-10-22-14-8-6-5-7-12(13)14/h5-8,13H,3-4,9-11H2,1-2H3,(H,18,19)(H,20,21). The van der Waals surface area contributed by atoms with Crippen LogP contribution < -0.4 is 10.1 Å². The van der Waals surface area contributed by atoms with Gasteiger partial charge in [0.2, 0.25) is 5.91 Å². The van der Waals surface area contributed by atoms with Crippen LogP contribution in [0.5, 0.6) is 5.75 Å². The van der Waals surface area contributed by atoms with Crippen LogP contribution in [0.1, 0.15) is 44.6 Å². The number of fused-ring (bicyclic) bond motifs is 1. The third-order valence-electron chi connectivity index (χ3n) is 4.68. The summed E-state index contributed by atoms with van der Waals surface area (Å²) in [4.78, 5) is 24.0. The Morgan fingerprint density at radius 3 is 2.64 bits per heavy atom. The first-order chi connectivity index (χ1) is 10.5. The molecule has 2 N–H and O–H groups in total. The fourth-order valence-corrected chi connectivity index (χ4v) is 2.87. The van der Waals surface area contributed by atoms with Crippen LogP contribution in [0.2, 0.25) is 0 Å². The molecule has 0 saturated carbocycles. The van der Waals surface area contributed by atoms with E-state index in [1.54, 1.807) is 0 Å². The van der Waals surface area contributed by atoms with Gasteiger partial charge in [-0.2, -0.15) is 0 Å². The molecule has 22 heavy (non-hydrogen) atoms. The first kappa shape index (κ1) is 16.3. The zero-order valence-corrected chi connectivity index (χ0v) is 13.1. The van der Waals surface area contributed by atoms with Crippen molar-refractivity contribution in [3.05, 3.63) is 29.8 Å². The second-order valence-electron chi connectivity index (χ2n) is 5.74. The molecule has 1 amide bonds. The number of hydrogen-bond donors (Lipinski definition) is 2. The maximum atomic E-state index is 12.5. The highest BCUT2D eigenvalue weighted by atomic mass is 16.5. The van der Waals surface area contributed by atoms with Gasteiger partial charge in [-0.3, -0.25) is 9.59 Å². The van der Waals surface area contributed by atoms with Crippen molar-refractivity contribution in [2.45, 2.75) is 39.0 Å². The Morgan fingerprint density at radius 1 is 1.32 bits per heavy atom. The molecule has 0 aliphatic carbocycles. The maximum Gasteiger partial charge on any atom is 0.311 e. The van der Waals surface area contributed by atoms with Gasteiger partial charge in [0.15, 0.2) is 0 Å². The molecule has 0 bridgehead atoms. The molecule has 1 aliphatic heterocycles. The zero-order chi connectivity index (χ0) is 16.2. The van der Waals surface area contributed by atoms with Gasteiger partial charge in [0.25, 0.3) is 0 Å². The number of para-hydroxylation sites is 1. The maximum absolute atomic E-state index is 12.5. The molecular formula is C17H23NO4. The second-order valence-corrected chi connectivity index (χ2v) is 5.74. The average molecular weight is 305 g/mol. The molecular weight excluding hydrogens is 282 g/mol. The normalized spacial score (nSPS) is 17.3. The van der Waals surface area contributed by atoms with E-state index in [1.807, 2.05) is 38.1 Å². The number of carboxylic acids is 1. The number of ether oxygens (including phenoxy) is 1. The molecule has 0 fully saturated rings.